The molecule has 0 spiro atoms. The molecule has 0 saturated heterocycles. The highest BCUT2D eigenvalue weighted by Gasteiger charge is 2.15. The smallest absolute Gasteiger partial charge is 0.150 e. The minimum atomic E-state index is -2.87. The standard InChI is InChI=1S/C11H20N2O2S2/c1-3-17(14,15)8-4-5-10(13-12)11-9(2)6-7-16-11/h6-7,10,13H,3-5,8,12H2,1-2H3. The van der Waals surface area contributed by atoms with Crippen molar-refractivity contribution in [3.63, 3.8) is 0 Å². The van der Waals surface area contributed by atoms with E-state index < -0.39 is 9.84 Å². The van der Waals surface area contributed by atoms with Gasteiger partial charge in [0, 0.05) is 10.6 Å². The van der Waals surface area contributed by atoms with Gasteiger partial charge in [-0.3, -0.25) is 11.3 Å². The van der Waals surface area contributed by atoms with Crippen LogP contribution in [0.4, 0.5) is 0 Å². The molecule has 17 heavy (non-hydrogen) atoms. The van der Waals surface area contributed by atoms with Crippen molar-refractivity contribution in [1.82, 2.24) is 5.43 Å². The van der Waals surface area contributed by atoms with Gasteiger partial charge in [-0.1, -0.05) is 6.92 Å². The van der Waals surface area contributed by atoms with Gasteiger partial charge in [0.1, 0.15) is 9.84 Å². The van der Waals surface area contributed by atoms with Gasteiger partial charge < -0.3 is 0 Å². The summed E-state index contributed by atoms with van der Waals surface area (Å²) >= 11 is 1.65. The summed E-state index contributed by atoms with van der Waals surface area (Å²) < 4.78 is 22.7. The zero-order valence-electron chi connectivity index (χ0n) is 10.3. The van der Waals surface area contributed by atoms with Crippen LogP contribution in [0.15, 0.2) is 11.4 Å². The largest absolute Gasteiger partial charge is 0.271 e. The molecule has 6 heteroatoms. The van der Waals surface area contributed by atoms with Crippen LogP contribution in [0, 0.1) is 6.92 Å². The summed E-state index contributed by atoms with van der Waals surface area (Å²) in [6.07, 6.45) is 1.39. The minimum Gasteiger partial charge on any atom is -0.271 e. The molecule has 1 heterocycles. The van der Waals surface area contributed by atoms with Crippen molar-refractivity contribution in [3.05, 3.63) is 21.9 Å². The molecular weight excluding hydrogens is 256 g/mol. The second-order valence-electron chi connectivity index (χ2n) is 4.07. The lowest BCUT2D eigenvalue weighted by atomic mass is 10.1. The third-order valence-electron chi connectivity index (χ3n) is 2.81. The molecule has 1 aromatic heterocycles. The van der Waals surface area contributed by atoms with Crippen LogP contribution in [0.25, 0.3) is 0 Å². The number of rotatable bonds is 7. The van der Waals surface area contributed by atoms with E-state index in [1.54, 1.807) is 18.3 Å². The van der Waals surface area contributed by atoms with Crippen molar-refractivity contribution >= 4 is 21.2 Å². The number of hydrazine groups is 1. The molecule has 0 bridgehead atoms. The normalized spacial score (nSPS) is 13.8. The zero-order valence-corrected chi connectivity index (χ0v) is 11.9. The van der Waals surface area contributed by atoms with E-state index in [2.05, 4.69) is 5.43 Å². The second kappa shape index (κ2) is 6.49. The van der Waals surface area contributed by atoms with E-state index in [-0.39, 0.29) is 17.5 Å². The maximum absolute atomic E-state index is 11.4. The number of aryl methyl sites for hydroxylation is 1. The maximum Gasteiger partial charge on any atom is 0.150 e. The summed E-state index contributed by atoms with van der Waals surface area (Å²) in [5, 5.41) is 2.03. The molecule has 4 nitrogen and oxygen atoms in total. The van der Waals surface area contributed by atoms with Gasteiger partial charge in [0.15, 0.2) is 0 Å². The summed E-state index contributed by atoms with van der Waals surface area (Å²) in [7, 11) is -2.87. The fraction of sp³-hybridized carbons (Fsp3) is 0.636. The van der Waals surface area contributed by atoms with Crippen LogP contribution >= 0.6 is 11.3 Å². The van der Waals surface area contributed by atoms with Crippen LogP contribution in [0.3, 0.4) is 0 Å². The Labute approximate surface area is 107 Å². The first kappa shape index (κ1) is 14.6. The van der Waals surface area contributed by atoms with Gasteiger partial charge in [0.05, 0.1) is 11.8 Å². The molecule has 98 valence electrons. The van der Waals surface area contributed by atoms with E-state index in [4.69, 9.17) is 5.84 Å². The molecule has 3 N–H and O–H groups in total. The van der Waals surface area contributed by atoms with Gasteiger partial charge in [-0.15, -0.1) is 11.3 Å². The van der Waals surface area contributed by atoms with Gasteiger partial charge in [0.25, 0.3) is 0 Å². The van der Waals surface area contributed by atoms with Crippen LogP contribution in [0.1, 0.15) is 36.2 Å². The first-order chi connectivity index (χ1) is 8.00. The van der Waals surface area contributed by atoms with Gasteiger partial charge in [0.2, 0.25) is 0 Å². The number of thiophene rings is 1. The molecule has 0 amide bonds. The second-order valence-corrected chi connectivity index (χ2v) is 7.49. The molecule has 0 aliphatic rings. The van der Waals surface area contributed by atoms with Crippen molar-refractivity contribution < 1.29 is 8.42 Å². The van der Waals surface area contributed by atoms with Crippen molar-refractivity contribution in [1.29, 1.82) is 0 Å². The van der Waals surface area contributed by atoms with Crippen LogP contribution in [-0.4, -0.2) is 19.9 Å². The highest BCUT2D eigenvalue weighted by molar-refractivity contribution is 7.91. The number of nitrogens with two attached hydrogens (primary N) is 1. The van der Waals surface area contributed by atoms with Crippen LogP contribution in [0.5, 0.6) is 0 Å². The third kappa shape index (κ3) is 4.39. The van der Waals surface area contributed by atoms with Crippen LogP contribution < -0.4 is 11.3 Å². The van der Waals surface area contributed by atoms with E-state index in [1.165, 1.54) is 10.4 Å². The molecule has 0 aliphatic carbocycles. The Kier molecular flexibility index (Phi) is 5.58. The van der Waals surface area contributed by atoms with Gasteiger partial charge >= 0.3 is 0 Å². The Morgan fingerprint density at radius 3 is 2.71 bits per heavy atom. The lowest BCUT2D eigenvalue weighted by Gasteiger charge is -2.15. The average molecular weight is 276 g/mol. The van der Waals surface area contributed by atoms with Gasteiger partial charge in [-0.2, -0.15) is 0 Å². The molecule has 1 aromatic rings. The Morgan fingerprint density at radius 1 is 1.53 bits per heavy atom. The van der Waals surface area contributed by atoms with Crippen LogP contribution in [-0.2, 0) is 9.84 Å². The van der Waals surface area contributed by atoms with E-state index in [0.29, 0.717) is 6.42 Å². The quantitative estimate of drug-likeness (QED) is 0.588. The Morgan fingerprint density at radius 2 is 2.24 bits per heavy atom. The number of hydrogen-bond acceptors (Lipinski definition) is 5. The predicted molar refractivity (Wildman–Crippen MR) is 72.7 cm³/mol. The number of nitrogens with one attached hydrogen (secondary N) is 1. The predicted octanol–water partition coefficient (Wildman–Crippen LogP) is 1.78. The van der Waals surface area contributed by atoms with E-state index in [0.717, 1.165) is 6.42 Å². The fourth-order valence-electron chi connectivity index (χ4n) is 1.68. The maximum atomic E-state index is 11.4. The van der Waals surface area contributed by atoms with Gasteiger partial charge in [-0.05, 0) is 36.8 Å². The monoisotopic (exact) mass is 276 g/mol. The summed E-state index contributed by atoms with van der Waals surface area (Å²) in [6.45, 7) is 3.72. The van der Waals surface area contributed by atoms with Crippen molar-refractivity contribution in [3.8, 4) is 0 Å². The molecule has 1 atom stereocenters. The average Bonchev–Trinajstić information content (AvgIpc) is 2.71. The molecule has 1 rings (SSSR count). The van der Waals surface area contributed by atoms with Crippen molar-refractivity contribution in [2.75, 3.05) is 11.5 Å². The molecular formula is C11H20N2O2S2. The fourth-order valence-corrected chi connectivity index (χ4v) is 3.60. The van der Waals surface area contributed by atoms with E-state index in [1.807, 2.05) is 18.4 Å². The van der Waals surface area contributed by atoms with Crippen molar-refractivity contribution in [2.45, 2.75) is 32.7 Å². The molecule has 0 radical (unpaired) electrons. The highest BCUT2D eigenvalue weighted by Crippen LogP contribution is 2.26. The summed E-state index contributed by atoms with van der Waals surface area (Å²) in [5.74, 6) is 5.98. The van der Waals surface area contributed by atoms with E-state index in [9.17, 15) is 8.42 Å². The minimum absolute atomic E-state index is 0.0575. The first-order valence-electron chi connectivity index (χ1n) is 5.70. The summed E-state index contributed by atoms with van der Waals surface area (Å²) in [4.78, 5) is 1.20. The highest BCUT2D eigenvalue weighted by atomic mass is 32.2. The van der Waals surface area contributed by atoms with Crippen molar-refractivity contribution in [2.24, 2.45) is 5.84 Å². The molecule has 0 saturated carbocycles. The Bertz CT molecular complexity index is 440. The first-order valence-corrected chi connectivity index (χ1v) is 8.40. The number of hydrogen-bond donors (Lipinski definition) is 2. The molecule has 0 aliphatic heterocycles. The summed E-state index contributed by atoms with van der Waals surface area (Å²) in [6, 6.07) is 2.11. The lowest BCUT2D eigenvalue weighted by molar-refractivity contribution is 0.512. The molecule has 0 aromatic carbocycles. The molecule has 1 unspecified atom stereocenters. The zero-order chi connectivity index (χ0) is 12.9. The van der Waals surface area contributed by atoms with Crippen LogP contribution in [0.2, 0.25) is 0 Å². The molecule has 0 fully saturated rings. The van der Waals surface area contributed by atoms with E-state index >= 15 is 0 Å². The third-order valence-corrected chi connectivity index (χ3v) is 5.73. The summed E-state index contributed by atoms with van der Waals surface area (Å²) in [5.41, 5.74) is 3.97. The number of sulfone groups is 1. The lowest BCUT2D eigenvalue weighted by Crippen LogP contribution is -2.28. The SMILES string of the molecule is CCS(=O)(=O)CCCC(NN)c1sccc1C. The topological polar surface area (TPSA) is 72.2 Å². The Hall–Kier alpha value is -0.430. The van der Waals surface area contributed by atoms with Gasteiger partial charge in [-0.25, -0.2) is 8.42 Å². The Balaban J connectivity index is 2.52.